The molecule has 0 radical (unpaired) electrons. The molecule has 0 saturated heterocycles. The highest BCUT2D eigenvalue weighted by atomic mass is 16.6. The SMILES string of the molecule is Cc1ccc(CCC(C(=O)O)n2cc([N+](=O)[O-])cc(C)c2=O)cc1. The number of rotatable bonds is 6. The zero-order valence-corrected chi connectivity index (χ0v) is 13.4. The van der Waals surface area contributed by atoms with E-state index in [1.807, 2.05) is 31.2 Å². The van der Waals surface area contributed by atoms with E-state index in [9.17, 15) is 24.8 Å². The van der Waals surface area contributed by atoms with Crippen molar-refractivity contribution in [2.75, 3.05) is 0 Å². The van der Waals surface area contributed by atoms with E-state index in [0.29, 0.717) is 6.42 Å². The largest absolute Gasteiger partial charge is 0.480 e. The molecule has 1 aromatic heterocycles. The van der Waals surface area contributed by atoms with Gasteiger partial charge in [-0.05, 0) is 32.3 Å². The van der Waals surface area contributed by atoms with Gasteiger partial charge in [-0.25, -0.2) is 4.79 Å². The maximum Gasteiger partial charge on any atom is 0.326 e. The molecule has 126 valence electrons. The van der Waals surface area contributed by atoms with Gasteiger partial charge in [0.15, 0.2) is 0 Å². The molecule has 1 unspecified atom stereocenters. The van der Waals surface area contributed by atoms with E-state index >= 15 is 0 Å². The summed E-state index contributed by atoms with van der Waals surface area (Å²) in [6.07, 6.45) is 1.62. The summed E-state index contributed by atoms with van der Waals surface area (Å²) >= 11 is 0. The number of carboxylic acid groups (broad SMARTS) is 1. The molecule has 24 heavy (non-hydrogen) atoms. The molecule has 0 bridgehead atoms. The highest BCUT2D eigenvalue weighted by Gasteiger charge is 2.23. The number of carbonyl (C=O) groups is 1. The molecule has 1 N–H and O–H groups in total. The van der Waals surface area contributed by atoms with Crippen molar-refractivity contribution in [3.63, 3.8) is 0 Å². The first-order chi connectivity index (χ1) is 11.3. The van der Waals surface area contributed by atoms with Crippen LogP contribution >= 0.6 is 0 Å². The van der Waals surface area contributed by atoms with E-state index in [0.717, 1.165) is 28.0 Å². The van der Waals surface area contributed by atoms with Crippen LogP contribution in [0.15, 0.2) is 41.3 Å². The van der Waals surface area contributed by atoms with Gasteiger partial charge >= 0.3 is 5.97 Å². The van der Waals surface area contributed by atoms with Crippen molar-refractivity contribution < 1.29 is 14.8 Å². The number of benzene rings is 1. The van der Waals surface area contributed by atoms with Gasteiger partial charge < -0.3 is 5.11 Å². The van der Waals surface area contributed by atoms with Gasteiger partial charge in [-0.15, -0.1) is 0 Å². The molecule has 7 nitrogen and oxygen atoms in total. The Morgan fingerprint density at radius 1 is 1.29 bits per heavy atom. The lowest BCUT2D eigenvalue weighted by Gasteiger charge is -2.16. The number of pyridine rings is 1. The van der Waals surface area contributed by atoms with Gasteiger partial charge in [-0.1, -0.05) is 29.8 Å². The van der Waals surface area contributed by atoms with Crippen molar-refractivity contribution >= 4 is 11.7 Å². The predicted molar refractivity (Wildman–Crippen MR) is 88.3 cm³/mol. The average molecular weight is 330 g/mol. The molecule has 0 aliphatic rings. The second kappa shape index (κ2) is 7.08. The van der Waals surface area contributed by atoms with Crippen molar-refractivity contribution in [1.29, 1.82) is 0 Å². The minimum absolute atomic E-state index is 0.144. The van der Waals surface area contributed by atoms with Crippen LogP contribution in [0.1, 0.15) is 29.2 Å². The molecule has 0 spiro atoms. The zero-order chi connectivity index (χ0) is 17.9. The van der Waals surface area contributed by atoms with E-state index in [1.165, 1.54) is 6.92 Å². The van der Waals surface area contributed by atoms with Crippen LogP contribution in [0, 0.1) is 24.0 Å². The Balaban J connectivity index is 2.34. The molecule has 2 rings (SSSR count). The molecule has 1 heterocycles. The Labute approximate surface area is 138 Å². The molecular weight excluding hydrogens is 312 g/mol. The van der Waals surface area contributed by atoms with Crippen molar-refractivity contribution in [2.24, 2.45) is 0 Å². The van der Waals surface area contributed by atoms with E-state index in [-0.39, 0.29) is 17.7 Å². The van der Waals surface area contributed by atoms with Gasteiger partial charge in [0.25, 0.3) is 11.2 Å². The maximum atomic E-state index is 12.2. The van der Waals surface area contributed by atoms with E-state index < -0.39 is 22.5 Å². The lowest BCUT2D eigenvalue weighted by Crippen LogP contribution is -2.31. The van der Waals surface area contributed by atoms with Crippen LogP contribution in [-0.2, 0) is 11.2 Å². The monoisotopic (exact) mass is 330 g/mol. The third kappa shape index (κ3) is 3.87. The fourth-order valence-corrected chi connectivity index (χ4v) is 2.50. The molecule has 2 aromatic rings. The van der Waals surface area contributed by atoms with Gasteiger partial charge in [0.1, 0.15) is 6.04 Å². The van der Waals surface area contributed by atoms with E-state index in [2.05, 4.69) is 0 Å². The topological polar surface area (TPSA) is 102 Å². The highest BCUT2D eigenvalue weighted by Crippen LogP contribution is 2.18. The molecule has 0 fully saturated rings. The van der Waals surface area contributed by atoms with Gasteiger partial charge in [-0.3, -0.25) is 19.5 Å². The number of nitro groups is 1. The van der Waals surface area contributed by atoms with Crippen molar-refractivity contribution in [2.45, 2.75) is 32.7 Å². The van der Waals surface area contributed by atoms with E-state index in [1.54, 1.807) is 0 Å². The van der Waals surface area contributed by atoms with Gasteiger partial charge in [-0.2, -0.15) is 0 Å². The van der Waals surface area contributed by atoms with Crippen LogP contribution in [0.5, 0.6) is 0 Å². The van der Waals surface area contributed by atoms with Crippen LogP contribution in [0.2, 0.25) is 0 Å². The summed E-state index contributed by atoms with van der Waals surface area (Å²) in [7, 11) is 0. The molecule has 0 saturated carbocycles. The quantitative estimate of drug-likeness (QED) is 0.648. The smallest absolute Gasteiger partial charge is 0.326 e. The first-order valence-corrected chi connectivity index (χ1v) is 7.45. The zero-order valence-electron chi connectivity index (χ0n) is 13.4. The van der Waals surface area contributed by atoms with Crippen LogP contribution in [-0.4, -0.2) is 20.6 Å². The van der Waals surface area contributed by atoms with Crippen molar-refractivity contribution in [3.05, 3.63) is 73.7 Å². The second-order valence-electron chi connectivity index (χ2n) is 5.73. The van der Waals surface area contributed by atoms with Crippen LogP contribution in [0.4, 0.5) is 5.69 Å². The number of carboxylic acids is 1. The van der Waals surface area contributed by atoms with Crippen molar-refractivity contribution in [3.8, 4) is 0 Å². The Kier molecular flexibility index (Phi) is 5.13. The first kappa shape index (κ1) is 17.4. The summed E-state index contributed by atoms with van der Waals surface area (Å²) in [4.78, 5) is 34.1. The number of aryl methyl sites for hydroxylation is 3. The number of nitrogens with zero attached hydrogens (tertiary/aromatic N) is 2. The van der Waals surface area contributed by atoms with Crippen molar-refractivity contribution in [1.82, 2.24) is 4.57 Å². The first-order valence-electron chi connectivity index (χ1n) is 7.45. The van der Waals surface area contributed by atoms with Crippen LogP contribution in [0.3, 0.4) is 0 Å². The van der Waals surface area contributed by atoms with Crippen LogP contribution < -0.4 is 5.56 Å². The number of hydrogen-bond acceptors (Lipinski definition) is 4. The Bertz CT molecular complexity index is 824. The summed E-state index contributed by atoms with van der Waals surface area (Å²) in [6, 6.07) is 7.64. The van der Waals surface area contributed by atoms with Gasteiger partial charge in [0.05, 0.1) is 11.1 Å². The summed E-state index contributed by atoms with van der Waals surface area (Å²) in [5.74, 6) is -1.19. The Morgan fingerprint density at radius 2 is 1.92 bits per heavy atom. The highest BCUT2D eigenvalue weighted by molar-refractivity contribution is 5.72. The minimum Gasteiger partial charge on any atom is -0.480 e. The normalized spacial score (nSPS) is 11.9. The minimum atomic E-state index is -1.19. The average Bonchev–Trinajstić information content (AvgIpc) is 2.52. The number of hydrogen-bond donors (Lipinski definition) is 1. The number of aromatic nitrogens is 1. The van der Waals surface area contributed by atoms with Gasteiger partial charge in [0.2, 0.25) is 0 Å². The molecule has 0 aliphatic carbocycles. The predicted octanol–water partition coefficient (Wildman–Crippen LogP) is 2.63. The summed E-state index contributed by atoms with van der Waals surface area (Å²) in [6.45, 7) is 3.39. The lowest BCUT2D eigenvalue weighted by molar-refractivity contribution is -0.385. The van der Waals surface area contributed by atoms with E-state index in [4.69, 9.17) is 0 Å². The lowest BCUT2D eigenvalue weighted by atomic mass is 10.0. The summed E-state index contributed by atoms with van der Waals surface area (Å²) < 4.78 is 0.948. The molecule has 0 aliphatic heterocycles. The fourth-order valence-electron chi connectivity index (χ4n) is 2.50. The fraction of sp³-hybridized carbons (Fsp3) is 0.294. The molecule has 7 heteroatoms. The summed E-state index contributed by atoms with van der Waals surface area (Å²) in [5, 5.41) is 20.4. The van der Waals surface area contributed by atoms with Crippen LogP contribution in [0.25, 0.3) is 0 Å². The maximum absolute atomic E-state index is 12.2. The number of aliphatic carboxylic acids is 1. The molecule has 1 aromatic carbocycles. The molecule has 0 amide bonds. The Hall–Kier alpha value is -2.96. The summed E-state index contributed by atoms with van der Waals surface area (Å²) in [5.41, 5.74) is 1.36. The Morgan fingerprint density at radius 3 is 2.46 bits per heavy atom. The van der Waals surface area contributed by atoms with Gasteiger partial charge in [0, 0.05) is 11.6 Å². The third-order valence-corrected chi connectivity index (χ3v) is 3.87. The standard InChI is InChI=1S/C17H18N2O5/c1-11-3-5-13(6-4-11)7-8-15(17(21)22)18-10-14(19(23)24)9-12(2)16(18)20/h3-6,9-10,15H,7-8H2,1-2H3,(H,21,22). The molecule has 1 atom stereocenters. The third-order valence-electron chi connectivity index (χ3n) is 3.87. The second-order valence-corrected chi connectivity index (χ2v) is 5.73. The molecular formula is C17H18N2O5.